The summed E-state index contributed by atoms with van der Waals surface area (Å²) in [5, 5.41) is 23.0. The molecule has 1 aliphatic rings. The van der Waals surface area contributed by atoms with Crippen molar-refractivity contribution in [2.45, 2.75) is 31.4 Å². The minimum atomic E-state index is -0.502. The van der Waals surface area contributed by atoms with Gasteiger partial charge in [0.1, 0.15) is 6.07 Å². The number of nitrogens with zero attached hydrogens (tertiary/aromatic N) is 2. The van der Waals surface area contributed by atoms with Crippen molar-refractivity contribution in [1.29, 1.82) is 5.26 Å². The Morgan fingerprint density at radius 2 is 2.32 bits per heavy atom. The molecule has 19 heavy (non-hydrogen) atoms. The number of ether oxygens (including phenoxy) is 1. The number of rotatable bonds is 4. The number of nitrogens with one attached hydrogen (secondary N) is 1. The molecule has 0 aromatic heterocycles. The SMILES string of the molecule is COC1CCCC1Nc1ccc([N+](=O)[O-])cc1C#N. The normalized spacial score (nSPS) is 21.9. The highest BCUT2D eigenvalue weighted by Gasteiger charge is 2.27. The first-order valence-electron chi connectivity index (χ1n) is 6.13. The highest BCUT2D eigenvalue weighted by molar-refractivity contribution is 5.61. The van der Waals surface area contributed by atoms with E-state index in [9.17, 15) is 10.1 Å². The minimum Gasteiger partial charge on any atom is -0.379 e. The Morgan fingerprint density at radius 1 is 1.53 bits per heavy atom. The van der Waals surface area contributed by atoms with Gasteiger partial charge in [0.15, 0.2) is 0 Å². The van der Waals surface area contributed by atoms with Crippen LogP contribution in [0.2, 0.25) is 0 Å². The second kappa shape index (κ2) is 5.67. The Labute approximate surface area is 111 Å². The smallest absolute Gasteiger partial charge is 0.270 e. The lowest BCUT2D eigenvalue weighted by atomic mass is 10.1. The third kappa shape index (κ3) is 2.83. The maximum Gasteiger partial charge on any atom is 0.270 e. The summed E-state index contributed by atoms with van der Waals surface area (Å²) < 4.78 is 5.38. The summed E-state index contributed by atoms with van der Waals surface area (Å²) in [4.78, 5) is 10.2. The summed E-state index contributed by atoms with van der Waals surface area (Å²) in [5.41, 5.74) is 0.842. The Bertz CT molecular complexity index is 524. The summed E-state index contributed by atoms with van der Waals surface area (Å²) in [6, 6.07) is 6.42. The van der Waals surface area contributed by atoms with E-state index in [0.29, 0.717) is 5.69 Å². The van der Waals surface area contributed by atoms with Gasteiger partial charge in [-0.1, -0.05) is 0 Å². The minimum absolute atomic E-state index is 0.0724. The van der Waals surface area contributed by atoms with Gasteiger partial charge in [-0.15, -0.1) is 0 Å². The maximum atomic E-state index is 10.7. The van der Waals surface area contributed by atoms with E-state index in [4.69, 9.17) is 10.00 Å². The molecule has 2 unspecified atom stereocenters. The number of methoxy groups -OCH3 is 1. The molecule has 1 fully saturated rings. The Hall–Kier alpha value is -2.13. The van der Waals surface area contributed by atoms with Crippen molar-refractivity contribution >= 4 is 11.4 Å². The fraction of sp³-hybridized carbons (Fsp3) is 0.462. The average Bonchev–Trinajstić information content (AvgIpc) is 2.86. The Kier molecular flexibility index (Phi) is 3.97. The molecule has 1 aromatic carbocycles. The zero-order valence-electron chi connectivity index (χ0n) is 10.6. The summed E-state index contributed by atoms with van der Waals surface area (Å²) in [5.74, 6) is 0. The first kappa shape index (κ1) is 13.3. The predicted octanol–water partition coefficient (Wildman–Crippen LogP) is 2.45. The molecule has 2 rings (SSSR count). The second-order valence-corrected chi connectivity index (χ2v) is 4.55. The van der Waals surface area contributed by atoms with Crippen LogP contribution in [0.4, 0.5) is 11.4 Å². The lowest BCUT2D eigenvalue weighted by molar-refractivity contribution is -0.384. The van der Waals surface area contributed by atoms with E-state index in [-0.39, 0.29) is 23.4 Å². The van der Waals surface area contributed by atoms with Crippen molar-refractivity contribution in [1.82, 2.24) is 0 Å². The first-order valence-corrected chi connectivity index (χ1v) is 6.13. The first-order chi connectivity index (χ1) is 9.15. The van der Waals surface area contributed by atoms with E-state index in [1.165, 1.54) is 12.1 Å². The molecule has 1 N–H and O–H groups in total. The van der Waals surface area contributed by atoms with Crippen LogP contribution in [0.15, 0.2) is 18.2 Å². The third-order valence-corrected chi connectivity index (χ3v) is 3.43. The predicted molar refractivity (Wildman–Crippen MR) is 69.9 cm³/mol. The van der Waals surface area contributed by atoms with Crippen LogP contribution in [-0.2, 0) is 4.74 Å². The molecule has 1 aliphatic carbocycles. The molecular weight excluding hydrogens is 246 g/mol. The molecule has 100 valence electrons. The van der Waals surface area contributed by atoms with E-state index < -0.39 is 4.92 Å². The van der Waals surface area contributed by atoms with Gasteiger partial charge >= 0.3 is 0 Å². The van der Waals surface area contributed by atoms with E-state index in [1.54, 1.807) is 13.2 Å². The molecule has 0 amide bonds. The van der Waals surface area contributed by atoms with Crippen molar-refractivity contribution in [3.8, 4) is 6.07 Å². The molecule has 0 saturated heterocycles. The van der Waals surface area contributed by atoms with Gasteiger partial charge < -0.3 is 10.1 Å². The third-order valence-electron chi connectivity index (χ3n) is 3.43. The number of nitro groups is 1. The van der Waals surface area contributed by atoms with Crippen molar-refractivity contribution in [3.63, 3.8) is 0 Å². The fourth-order valence-corrected chi connectivity index (χ4v) is 2.44. The lowest BCUT2D eigenvalue weighted by Crippen LogP contribution is -2.30. The number of hydrogen-bond acceptors (Lipinski definition) is 5. The van der Waals surface area contributed by atoms with Crippen LogP contribution in [0.5, 0.6) is 0 Å². The number of benzene rings is 1. The summed E-state index contributed by atoms with van der Waals surface area (Å²) in [6.07, 6.45) is 3.16. The number of nitriles is 1. The summed E-state index contributed by atoms with van der Waals surface area (Å²) >= 11 is 0. The van der Waals surface area contributed by atoms with Crippen LogP contribution in [-0.4, -0.2) is 24.2 Å². The van der Waals surface area contributed by atoms with E-state index in [2.05, 4.69) is 5.32 Å². The van der Waals surface area contributed by atoms with E-state index >= 15 is 0 Å². The molecule has 1 saturated carbocycles. The van der Waals surface area contributed by atoms with Crippen molar-refractivity contribution < 1.29 is 9.66 Å². The van der Waals surface area contributed by atoms with Crippen LogP contribution in [0, 0.1) is 21.4 Å². The number of anilines is 1. The highest BCUT2D eigenvalue weighted by atomic mass is 16.6. The molecule has 0 heterocycles. The van der Waals surface area contributed by atoms with Gasteiger partial charge in [0, 0.05) is 19.2 Å². The largest absolute Gasteiger partial charge is 0.379 e. The van der Waals surface area contributed by atoms with Gasteiger partial charge in [0.05, 0.1) is 28.3 Å². The average molecular weight is 261 g/mol. The van der Waals surface area contributed by atoms with Crippen LogP contribution < -0.4 is 5.32 Å². The molecule has 0 spiro atoms. The van der Waals surface area contributed by atoms with Gasteiger partial charge in [0.2, 0.25) is 0 Å². The van der Waals surface area contributed by atoms with Gasteiger partial charge in [-0.3, -0.25) is 10.1 Å². The molecule has 1 aromatic rings. The number of hydrogen-bond donors (Lipinski definition) is 1. The Morgan fingerprint density at radius 3 is 2.95 bits per heavy atom. The monoisotopic (exact) mass is 261 g/mol. The Balaban J connectivity index is 2.21. The number of non-ortho nitro benzene ring substituents is 1. The van der Waals surface area contributed by atoms with Crippen LogP contribution in [0.3, 0.4) is 0 Å². The standard InChI is InChI=1S/C13H15N3O3/c1-19-13-4-2-3-12(13)15-11-6-5-10(16(17)18)7-9(11)8-14/h5-7,12-13,15H,2-4H2,1H3. The molecule has 2 atom stereocenters. The van der Waals surface area contributed by atoms with Crippen molar-refractivity contribution in [3.05, 3.63) is 33.9 Å². The van der Waals surface area contributed by atoms with Crippen LogP contribution in [0.25, 0.3) is 0 Å². The van der Waals surface area contributed by atoms with E-state index in [1.807, 2.05) is 6.07 Å². The maximum absolute atomic E-state index is 10.7. The van der Waals surface area contributed by atoms with Crippen molar-refractivity contribution in [2.24, 2.45) is 0 Å². The lowest BCUT2D eigenvalue weighted by Gasteiger charge is -2.21. The van der Waals surface area contributed by atoms with Gasteiger partial charge in [-0.05, 0) is 25.3 Å². The second-order valence-electron chi connectivity index (χ2n) is 4.55. The van der Waals surface area contributed by atoms with Crippen molar-refractivity contribution in [2.75, 3.05) is 12.4 Å². The topological polar surface area (TPSA) is 88.2 Å². The molecule has 0 radical (unpaired) electrons. The van der Waals surface area contributed by atoms with Crippen LogP contribution >= 0.6 is 0 Å². The van der Waals surface area contributed by atoms with Gasteiger partial charge in [-0.2, -0.15) is 5.26 Å². The zero-order chi connectivity index (χ0) is 13.8. The fourth-order valence-electron chi connectivity index (χ4n) is 2.44. The molecule has 6 nitrogen and oxygen atoms in total. The molecule has 6 heteroatoms. The van der Waals surface area contributed by atoms with E-state index in [0.717, 1.165) is 19.3 Å². The summed E-state index contributed by atoms with van der Waals surface area (Å²) in [6.45, 7) is 0. The molecule has 0 bridgehead atoms. The highest BCUT2D eigenvalue weighted by Crippen LogP contribution is 2.28. The molecule has 0 aliphatic heterocycles. The molecular formula is C13H15N3O3. The summed E-state index contributed by atoms with van der Waals surface area (Å²) in [7, 11) is 1.67. The quantitative estimate of drug-likeness (QED) is 0.664. The zero-order valence-corrected chi connectivity index (χ0v) is 10.6. The number of nitro benzene ring substituents is 1. The van der Waals surface area contributed by atoms with Gasteiger partial charge in [0.25, 0.3) is 5.69 Å². The van der Waals surface area contributed by atoms with Crippen LogP contribution in [0.1, 0.15) is 24.8 Å². The van der Waals surface area contributed by atoms with Gasteiger partial charge in [-0.25, -0.2) is 0 Å².